The Bertz CT molecular complexity index is 345. The van der Waals surface area contributed by atoms with Crippen molar-refractivity contribution in [2.75, 3.05) is 11.9 Å². The predicted octanol–water partition coefficient (Wildman–Crippen LogP) is 2.66. The first kappa shape index (κ1) is 9.99. The molecule has 0 amide bonds. The molecule has 14 heavy (non-hydrogen) atoms. The van der Waals surface area contributed by atoms with Gasteiger partial charge in [0.05, 0.1) is 0 Å². The highest BCUT2D eigenvalue weighted by Gasteiger charge is 2.37. The Morgan fingerprint density at radius 1 is 1.50 bits per heavy atom. The fourth-order valence-electron chi connectivity index (χ4n) is 1.32. The van der Waals surface area contributed by atoms with E-state index in [1.807, 2.05) is 0 Å². The van der Waals surface area contributed by atoms with Crippen molar-refractivity contribution in [3.05, 3.63) is 28.2 Å². The first-order valence-corrected chi connectivity index (χ1v) is 5.67. The van der Waals surface area contributed by atoms with Gasteiger partial charge in [-0.3, -0.25) is 0 Å². The van der Waals surface area contributed by atoms with Crippen LogP contribution in [0.25, 0.3) is 0 Å². The number of hydrogen-bond acceptors (Lipinski definition) is 2. The Morgan fingerprint density at radius 2 is 2.21 bits per heavy atom. The fourth-order valence-corrected chi connectivity index (χ4v) is 1.70. The van der Waals surface area contributed by atoms with E-state index in [0.717, 1.165) is 29.5 Å². The van der Waals surface area contributed by atoms with Crippen LogP contribution in [-0.4, -0.2) is 12.1 Å². The highest BCUT2D eigenvalue weighted by Crippen LogP contribution is 2.32. The zero-order valence-corrected chi connectivity index (χ0v) is 9.89. The van der Waals surface area contributed by atoms with Gasteiger partial charge in [0.15, 0.2) is 0 Å². The van der Waals surface area contributed by atoms with Gasteiger partial charge in [-0.1, -0.05) is 22.0 Å². The largest absolute Gasteiger partial charge is 0.383 e. The van der Waals surface area contributed by atoms with Gasteiger partial charge in [-0.05, 0) is 37.5 Å². The quantitative estimate of drug-likeness (QED) is 0.871. The van der Waals surface area contributed by atoms with Crippen LogP contribution in [0.2, 0.25) is 0 Å². The standard InChI is InChI=1S/C11H15BrN2/c1-8-2-3-9(6-10(8)12)14-7-11(13)4-5-11/h2-3,6,14H,4-5,7,13H2,1H3. The molecule has 3 N–H and O–H groups in total. The molecule has 0 bridgehead atoms. The SMILES string of the molecule is Cc1ccc(NCC2(N)CC2)cc1Br. The Morgan fingerprint density at radius 3 is 2.79 bits per heavy atom. The van der Waals surface area contributed by atoms with Crippen LogP contribution in [0.15, 0.2) is 22.7 Å². The number of anilines is 1. The minimum Gasteiger partial charge on any atom is -0.383 e. The van der Waals surface area contributed by atoms with Crippen molar-refractivity contribution < 1.29 is 0 Å². The number of aryl methyl sites for hydroxylation is 1. The zero-order chi connectivity index (χ0) is 10.2. The van der Waals surface area contributed by atoms with E-state index in [0.29, 0.717) is 0 Å². The van der Waals surface area contributed by atoms with Gasteiger partial charge in [0.1, 0.15) is 0 Å². The third-order valence-corrected chi connectivity index (χ3v) is 3.56. The summed E-state index contributed by atoms with van der Waals surface area (Å²) in [6, 6.07) is 6.29. The molecule has 1 aliphatic carbocycles. The second-order valence-corrected chi connectivity index (χ2v) is 5.03. The van der Waals surface area contributed by atoms with Gasteiger partial charge in [0.2, 0.25) is 0 Å². The fraction of sp³-hybridized carbons (Fsp3) is 0.455. The van der Waals surface area contributed by atoms with Crippen LogP contribution in [-0.2, 0) is 0 Å². The van der Waals surface area contributed by atoms with Crippen molar-refractivity contribution >= 4 is 21.6 Å². The third-order valence-electron chi connectivity index (χ3n) is 2.71. The van der Waals surface area contributed by atoms with E-state index in [1.165, 1.54) is 5.56 Å². The molecule has 1 saturated carbocycles. The lowest BCUT2D eigenvalue weighted by Gasteiger charge is -2.12. The molecular weight excluding hydrogens is 240 g/mol. The molecule has 0 unspecified atom stereocenters. The lowest BCUT2D eigenvalue weighted by atomic mass is 10.2. The molecule has 0 saturated heterocycles. The van der Waals surface area contributed by atoms with Crippen molar-refractivity contribution in [3.8, 4) is 0 Å². The van der Waals surface area contributed by atoms with Crippen molar-refractivity contribution in [2.24, 2.45) is 5.73 Å². The molecular formula is C11H15BrN2. The topological polar surface area (TPSA) is 38.0 Å². The average Bonchev–Trinajstić information content (AvgIpc) is 2.87. The summed E-state index contributed by atoms with van der Waals surface area (Å²) in [5.41, 5.74) is 8.45. The minimum absolute atomic E-state index is 0.0668. The number of rotatable bonds is 3. The summed E-state index contributed by atoms with van der Waals surface area (Å²) in [7, 11) is 0. The van der Waals surface area contributed by atoms with Gasteiger partial charge < -0.3 is 11.1 Å². The molecule has 76 valence electrons. The number of halogens is 1. The summed E-state index contributed by atoms with van der Waals surface area (Å²) < 4.78 is 1.14. The number of hydrogen-bond donors (Lipinski definition) is 2. The number of nitrogens with two attached hydrogens (primary N) is 1. The maximum atomic E-state index is 5.99. The molecule has 0 atom stereocenters. The van der Waals surface area contributed by atoms with E-state index in [4.69, 9.17) is 5.73 Å². The monoisotopic (exact) mass is 254 g/mol. The normalized spacial score (nSPS) is 17.9. The van der Waals surface area contributed by atoms with Crippen LogP contribution in [0.4, 0.5) is 5.69 Å². The second kappa shape index (κ2) is 3.55. The highest BCUT2D eigenvalue weighted by molar-refractivity contribution is 9.10. The first-order chi connectivity index (χ1) is 6.59. The van der Waals surface area contributed by atoms with E-state index >= 15 is 0 Å². The highest BCUT2D eigenvalue weighted by atomic mass is 79.9. The molecule has 1 aromatic rings. The van der Waals surface area contributed by atoms with E-state index in [1.54, 1.807) is 0 Å². The molecule has 2 nitrogen and oxygen atoms in total. The van der Waals surface area contributed by atoms with Crippen LogP contribution < -0.4 is 11.1 Å². The molecule has 0 heterocycles. The van der Waals surface area contributed by atoms with E-state index in [-0.39, 0.29) is 5.54 Å². The summed E-state index contributed by atoms with van der Waals surface area (Å²) in [4.78, 5) is 0. The van der Waals surface area contributed by atoms with Crippen molar-refractivity contribution in [2.45, 2.75) is 25.3 Å². The average molecular weight is 255 g/mol. The van der Waals surface area contributed by atoms with E-state index in [2.05, 4.69) is 46.4 Å². The van der Waals surface area contributed by atoms with E-state index < -0.39 is 0 Å². The molecule has 1 aliphatic rings. The molecule has 0 aromatic heterocycles. The summed E-state index contributed by atoms with van der Waals surface area (Å²) in [5.74, 6) is 0. The van der Waals surface area contributed by atoms with Crippen LogP contribution in [0, 0.1) is 6.92 Å². The maximum absolute atomic E-state index is 5.99. The molecule has 0 radical (unpaired) electrons. The molecule has 3 heteroatoms. The summed E-state index contributed by atoms with van der Waals surface area (Å²) in [6.07, 6.45) is 2.29. The van der Waals surface area contributed by atoms with Crippen molar-refractivity contribution in [1.82, 2.24) is 0 Å². The molecule has 0 spiro atoms. The van der Waals surface area contributed by atoms with Gasteiger partial charge in [0, 0.05) is 22.2 Å². The smallest absolute Gasteiger partial charge is 0.0352 e. The Balaban J connectivity index is 1.99. The van der Waals surface area contributed by atoms with Gasteiger partial charge in [-0.2, -0.15) is 0 Å². The summed E-state index contributed by atoms with van der Waals surface area (Å²) in [5, 5.41) is 3.36. The summed E-state index contributed by atoms with van der Waals surface area (Å²) >= 11 is 3.51. The van der Waals surface area contributed by atoms with Crippen LogP contribution >= 0.6 is 15.9 Å². The van der Waals surface area contributed by atoms with Gasteiger partial charge in [-0.15, -0.1) is 0 Å². The Kier molecular flexibility index (Phi) is 2.54. The predicted molar refractivity (Wildman–Crippen MR) is 63.5 cm³/mol. The van der Waals surface area contributed by atoms with Gasteiger partial charge in [-0.25, -0.2) is 0 Å². The van der Waals surface area contributed by atoms with Gasteiger partial charge >= 0.3 is 0 Å². The van der Waals surface area contributed by atoms with Crippen LogP contribution in [0.3, 0.4) is 0 Å². The number of benzene rings is 1. The molecule has 1 aromatic carbocycles. The lowest BCUT2D eigenvalue weighted by Crippen LogP contribution is -2.31. The Labute approximate surface area is 93.0 Å². The Hall–Kier alpha value is -0.540. The first-order valence-electron chi connectivity index (χ1n) is 4.88. The summed E-state index contributed by atoms with van der Waals surface area (Å²) in [6.45, 7) is 2.96. The van der Waals surface area contributed by atoms with Crippen molar-refractivity contribution in [1.29, 1.82) is 0 Å². The van der Waals surface area contributed by atoms with Gasteiger partial charge in [0.25, 0.3) is 0 Å². The van der Waals surface area contributed by atoms with Crippen LogP contribution in [0.5, 0.6) is 0 Å². The van der Waals surface area contributed by atoms with Crippen molar-refractivity contribution in [3.63, 3.8) is 0 Å². The molecule has 2 rings (SSSR count). The number of nitrogens with one attached hydrogen (secondary N) is 1. The lowest BCUT2D eigenvalue weighted by molar-refractivity contribution is 0.713. The molecule has 1 fully saturated rings. The second-order valence-electron chi connectivity index (χ2n) is 4.18. The minimum atomic E-state index is 0.0668. The maximum Gasteiger partial charge on any atom is 0.0352 e. The third kappa shape index (κ3) is 2.28. The zero-order valence-electron chi connectivity index (χ0n) is 8.31. The van der Waals surface area contributed by atoms with E-state index in [9.17, 15) is 0 Å². The molecule has 0 aliphatic heterocycles. The van der Waals surface area contributed by atoms with Crippen LogP contribution in [0.1, 0.15) is 18.4 Å².